The summed E-state index contributed by atoms with van der Waals surface area (Å²) >= 11 is 0. The molecule has 0 radical (unpaired) electrons. The van der Waals surface area contributed by atoms with E-state index in [0.29, 0.717) is 38.1 Å². The average Bonchev–Trinajstić information content (AvgIpc) is 3.62. The van der Waals surface area contributed by atoms with Crippen molar-refractivity contribution in [3.05, 3.63) is 60.0 Å². The number of hydrogen-bond acceptors (Lipinski definition) is 6. The molecule has 2 amide bonds. The lowest BCUT2D eigenvalue weighted by atomic mass is 9.51. The lowest BCUT2D eigenvalue weighted by molar-refractivity contribution is -0.124. The van der Waals surface area contributed by atoms with E-state index in [1.807, 2.05) is 28.0 Å². The highest BCUT2D eigenvalue weighted by molar-refractivity contribution is 5.95. The van der Waals surface area contributed by atoms with E-state index >= 15 is 0 Å². The number of anilines is 1. The molecule has 9 heteroatoms. The van der Waals surface area contributed by atoms with Crippen LogP contribution in [0.1, 0.15) is 103 Å². The van der Waals surface area contributed by atoms with Crippen molar-refractivity contribution in [2.45, 2.75) is 116 Å². The van der Waals surface area contributed by atoms with E-state index in [0.717, 1.165) is 74.3 Å². The number of carbonyl (C=O) groups excluding carboxylic acids is 2. The van der Waals surface area contributed by atoms with Crippen molar-refractivity contribution < 1.29 is 19.1 Å². The molecule has 0 N–H and O–H groups in total. The predicted molar refractivity (Wildman–Crippen MR) is 195 cm³/mol. The first-order valence-corrected chi connectivity index (χ1v) is 18.8. The predicted octanol–water partition coefficient (Wildman–Crippen LogP) is 8.29. The van der Waals surface area contributed by atoms with Crippen molar-refractivity contribution in [2.24, 2.45) is 17.3 Å². The molecule has 1 aromatic carbocycles. The van der Waals surface area contributed by atoms with Crippen molar-refractivity contribution in [1.29, 1.82) is 0 Å². The molecule has 0 atom stereocenters. The highest BCUT2D eigenvalue weighted by Gasteiger charge is 2.51. The summed E-state index contributed by atoms with van der Waals surface area (Å²) < 4.78 is 13.4. The zero-order valence-electron chi connectivity index (χ0n) is 30.9. The number of ether oxygens (including phenoxy) is 2. The molecule has 5 aliphatic rings. The molecule has 8 rings (SSSR count). The fraction of sp³-hybridized carbons (Fsp3) is 0.610. The number of nitrogens with zero attached hydrogens (tertiary/aromatic N) is 5. The van der Waals surface area contributed by atoms with Crippen LogP contribution in [0.2, 0.25) is 0 Å². The summed E-state index contributed by atoms with van der Waals surface area (Å²) in [6.45, 7) is 12.9. The summed E-state index contributed by atoms with van der Waals surface area (Å²) in [4.78, 5) is 36.0. The zero-order valence-corrected chi connectivity index (χ0v) is 30.9. The highest BCUT2D eigenvalue weighted by Crippen LogP contribution is 2.58. The Bertz CT molecular complexity index is 1690. The molecule has 3 aromatic rings. The molecule has 1 aliphatic heterocycles. The Hall–Kier alpha value is -3.88. The Labute approximate surface area is 297 Å². The number of amides is 2. The van der Waals surface area contributed by atoms with Crippen LogP contribution in [-0.2, 0) is 20.5 Å². The number of benzene rings is 1. The Morgan fingerprint density at radius 3 is 2.26 bits per heavy atom. The van der Waals surface area contributed by atoms with Crippen LogP contribution in [0.15, 0.2) is 48.9 Å². The second kappa shape index (κ2) is 13.3. The first-order valence-electron chi connectivity index (χ1n) is 18.8. The molecule has 0 unspecified atom stereocenters. The van der Waals surface area contributed by atoms with Crippen LogP contribution in [0.3, 0.4) is 0 Å². The second-order valence-electron chi connectivity index (χ2n) is 17.0. The molecule has 3 heterocycles. The normalized spacial score (nSPS) is 26.7. The number of methoxy groups -OCH3 is 1. The molecule has 1 saturated heterocycles. The van der Waals surface area contributed by atoms with Gasteiger partial charge < -0.3 is 14.4 Å². The monoisotopic (exact) mass is 681 g/mol. The van der Waals surface area contributed by atoms with Crippen LogP contribution in [0.25, 0.3) is 11.1 Å². The van der Waals surface area contributed by atoms with Gasteiger partial charge in [0.25, 0.3) is 0 Å². The maximum atomic E-state index is 14.7. The first-order chi connectivity index (χ1) is 23.9. The molecule has 9 nitrogen and oxygen atoms in total. The SMILES string of the molecule is COc1ccc(C23CCC(CN(c4cc(-c5cnn(C(C)(C)C)c5)ccn4)C(=O)[C@H]4CC[C@H](OC(=O)N5CC(C)C5)CC4)(CC2)CC3)cc1C. The molecule has 0 spiro atoms. The maximum Gasteiger partial charge on any atom is 0.410 e. The molecule has 50 heavy (non-hydrogen) atoms. The summed E-state index contributed by atoms with van der Waals surface area (Å²) in [5, 5.41) is 4.64. The number of carbonyl (C=O) groups is 2. The molecular formula is C41H55N5O4. The average molecular weight is 682 g/mol. The van der Waals surface area contributed by atoms with Crippen molar-refractivity contribution in [2.75, 3.05) is 31.6 Å². The van der Waals surface area contributed by atoms with Gasteiger partial charge in [-0.3, -0.25) is 14.4 Å². The number of aromatic nitrogens is 3. The van der Waals surface area contributed by atoms with Crippen LogP contribution in [0.4, 0.5) is 10.6 Å². The van der Waals surface area contributed by atoms with Gasteiger partial charge in [-0.2, -0.15) is 5.10 Å². The van der Waals surface area contributed by atoms with E-state index in [9.17, 15) is 9.59 Å². The third kappa shape index (κ3) is 6.76. The third-order valence-electron chi connectivity index (χ3n) is 12.4. The maximum absolute atomic E-state index is 14.7. The van der Waals surface area contributed by atoms with E-state index in [2.05, 4.69) is 70.2 Å². The molecule has 5 fully saturated rings. The minimum Gasteiger partial charge on any atom is -0.496 e. The molecule has 2 aromatic heterocycles. The number of rotatable bonds is 8. The minimum atomic E-state index is -0.204. The van der Waals surface area contributed by atoms with Crippen LogP contribution in [-0.4, -0.2) is 64.5 Å². The van der Waals surface area contributed by atoms with Gasteiger partial charge in [0.1, 0.15) is 17.7 Å². The number of hydrogen-bond donors (Lipinski definition) is 0. The molecule has 2 bridgehead atoms. The van der Waals surface area contributed by atoms with E-state index in [-0.39, 0.29) is 40.4 Å². The molecule has 4 aliphatic carbocycles. The van der Waals surface area contributed by atoms with Crippen LogP contribution in [0, 0.1) is 24.2 Å². The number of aryl methyl sites for hydroxylation is 1. The fourth-order valence-electron chi connectivity index (χ4n) is 9.05. The topological polar surface area (TPSA) is 89.8 Å². The van der Waals surface area contributed by atoms with Gasteiger partial charge in [0.15, 0.2) is 0 Å². The Balaban J connectivity index is 1.10. The summed E-state index contributed by atoms with van der Waals surface area (Å²) in [6.07, 6.45) is 15.0. The van der Waals surface area contributed by atoms with E-state index in [4.69, 9.17) is 14.5 Å². The van der Waals surface area contributed by atoms with Crippen LogP contribution in [0.5, 0.6) is 5.75 Å². The van der Waals surface area contributed by atoms with Crippen LogP contribution >= 0.6 is 0 Å². The van der Waals surface area contributed by atoms with Gasteiger partial charge in [0.05, 0.1) is 18.8 Å². The number of likely N-dealkylation sites (tertiary alicyclic amines) is 1. The van der Waals surface area contributed by atoms with Crippen molar-refractivity contribution in [3.63, 3.8) is 0 Å². The lowest BCUT2D eigenvalue weighted by Gasteiger charge is -2.55. The van der Waals surface area contributed by atoms with Gasteiger partial charge in [-0.15, -0.1) is 0 Å². The third-order valence-corrected chi connectivity index (χ3v) is 12.4. The van der Waals surface area contributed by atoms with Gasteiger partial charge in [-0.25, -0.2) is 9.78 Å². The molecule has 268 valence electrons. The van der Waals surface area contributed by atoms with Gasteiger partial charge in [-0.1, -0.05) is 19.1 Å². The number of pyridine rings is 1. The standard InChI is InChI=1S/C41H55N5O4/c1-28-24-44(25-28)38(48)50-34-10-7-30(8-11-34)37(47)45(36-22-31(13-20-42-36)32-23-43-46(26-32)39(3,4)5)27-40-14-17-41(18-15-40,19-16-40)33-9-12-35(49-6)29(2)21-33/h9,12-13,20-23,26,28,30,34H,7-8,10-11,14-19,24-25,27H2,1-6H3/t30-,34-,40?,41?. The Morgan fingerprint density at radius 1 is 0.960 bits per heavy atom. The van der Waals surface area contributed by atoms with Crippen molar-refractivity contribution in [3.8, 4) is 16.9 Å². The lowest BCUT2D eigenvalue weighted by Crippen LogP contribution is -2.52. The van der Waals surface area contributed by atoms with Gasteiger partial charge in [0.2, 0.25) is 5.91 Å². The minimum absolute atomic E-state index is 0.0643. The van der Waals surface area contributed by atoms with E-state index in [1.165, 1.54) is 11.1 Å². The largest absolute Gasteiger partial charge is 0.496 e. The van der Waals surface area contributed by atoms with Gasteiger partial charge >= 0.3 is 6.09 Å². The van der Waals surface area contributed by atoms with E-state index in [1.54, 1.807) is 12.0 Å². The van der Waals surface area contributed by atoms with Gasteiger partial charge in [-0.05, 0) is 144 Å². The fourth-order valence-corrected chi connectivity index (χ4v) is 9.05. The Kier molecular flexibility index (Phi) is 9.23. The number of fused-ring (bicyclic) bond motifs is 3. The second-order valence-corrected chi connectivity index (χ2v) is 17.0. The van der Waals surface area contributed by atoms with Crippen molar-refractivity contribution in [1.82, 2.24) is 19.7 Å². The summed E-state index contributed by atoms with van der Waals surface area (Å²) in [5.74, 6) is 2.24. The summed E-state index contributed by atoms with van der Waals surface area (Å²) in [7, 11) is 1.74. The Morgan fingerprint density at radius 2 is 1.66 bits per heavy atom. The summed E-state index contributed by atoms with van der Waals surface area (Å²) in [6, 6.07) is 10.8. The quantitative estimate of drug-likeness (QED) is 0.238. The molecule has 4 saturated carbocycles. The smallest absolute Gasteiger partial charge is 0.410 e. The van der Waals surface area contributed by atoms with Crippen LogP contribution < -0.4 is 9.64 Å². The van der Waals surface area contributed by atoms with Crippen molar-refractivity contribution >= 4 is 17.8 Å². The van der Waals surface area contributed by atoms with E-state index < -0.39 is 0 Å². The molecular weight excluding hydrogens is 626 g/mol. The zero-order chi connectivity index (χ0) is 35.3. The first kappa shape index (κ1) is 34.6. The highest BCUT2D eigenvalue weighted by atomic mass is 16.6. The van der Waals surface area contributed by atoms with Gasteiger partial charge in [0, 0.05) is 43.5 Å². The summed E-state index contributed by atoms with van der Waals surface area (Å²) in [5.41, 5.74) is 4.79.